The van der Waals surface area contributed by atoms with Gasteiger partial charge in [-0.1, -0.05) is 60.2 Å². The lowest BCUT2D eigenvalue weighted by Gasteiger charge is -1.99. The molecular formula is C12H22BrCl. The number of hydrogen-bond acceptors (Lipinski definition) is 0. The van der Waals surface area contributed by atoms with Gasteiger partial charge in [0.25, 0.3) is 0 Å². The Hall–Kier alpha value is 0.510. The zero-order chi connectivity index (χ0) is 10.5. The molecule has 0 aliphatic rings. The summed E-state index contributed by atoms with van der Waals surface area (Å²) >= 11 is 8.97. The van der Waals surface area contributed by atoms with E-state index in [9.17, 15) is 0 Å². The average molecular weight is 282 g/mol. The Morgan fingerprint density at radius 3 is 1.93 bits per heavy atom. The van der Waals surface area contributed by atoms with Crippen molar-refractivity contribution in [2.75, 3.05) is 11.2 Å². The van der Waals surface area contributed by atoms with Crippen molar-refractivity contribution < 1.29 is 0 Å². The average Bonchev–Trinajstić information content (AvgIpc) is 2.21. The molecule has 0 rings (SSSR count). The Bertz CT molecular complexity index is 123. The predicted octanol–water partition coefficient (Wildman–Crippen LogP) is 5.30. The van der Waals surface area contributed by atoms with E-state index >= 15 is 0 Å². The van der Waals surface area contributed by atoms with Crippen molar-refractivity contribution in [2.45, 2.75) is 51.4 Å². The molecule has 0 amide bonds. The minimum atomic E-state index is 0.659. The molecule has 0 atom stereocenters. The van der Waals surface area contributed by atoms with Crippen molar-refractivity contribution in [1.82, 2.24) is 0 Å². The third-order valence-electron chi connectivity index (χ3n) is 2.26. The summed E-state index contributed by atoms with van der Waals surface area (Å²) in [5.74, 6) is 0.659. The van der Waals surface area contributed by atoms with Gasteiger partial charge in [0.05, 0.1) is 0 Å². The normalized spacial score (nSPS) is 11.3. The van der Waals surface area contributed by atoms with Crippen LogP contribution in [0, 0.1) is 0 Å². The monoisotopic (exact) mass is 280 g/mol. The molecule has 0 aliphatic carbocycles. The third-order valence-corrected chi connectivity index (χ3v) is 3.00. The van der Waals surface area contributed by atoms with Crippen molar-refractivity contribution in [3.8, 4) is 0 Å². The van der Waals surface area contributed by atoms with Crippen molar-refractivity contribution in [3.63, 3.8) is 0 Å². The van der Waals surface area contributed by atoms with Gasteiger partial charge in [-0.25, -0.2) is 0 Å². The van der Waals surface area contributed by atoms with Crippen LogP contribution in [0.25, 0.3) is 0 Å². The lowest BCUT2D eigenvalue weighted by Crippen LogP contribution is -1.80. The SMILES string of the molecule is ClCC=CCCCCCCCCCBr. The molecule has 0 nitrogen and oxygen atoms in total. The van der Waals surface area contributed by atoms with Crippen LogP contribution >= 0.6 is 27.5 Å². The minimum absolute atomic E-state index is 0.659. The molecule has 0 fully saturated rings. The number of unbranched alkanes of at least 4 members (excludes halogenated alkanes) is 7. The molecule has 0 spiro atoms. The molecule has 0 aliphatic heterocycles. The lowest BCUT2D eigenvalue weighted by molar-refractivity contribution is 0.594. The maximum atomic E-state index is 5.52. The minimum Gasteiger partial charge on any atom is -0.122 e. The van der Waals surface area contributed by atoms with E-state index in [1.54, 1.807) is 0 Å². The van der Waals surface area contributed by atoms with Gasteiger partial charge in [-0.3, -0.25) is 0 Å². The second-order valence-corrected chi connectivity index (χ2v) is 4.68. The first kappa shape index (κ1) is 14.5. The van der Waals surface area contributed by atoms with Gasteiger partial charge in [0, 0.05) is 11.2 Å². The van der Waals surface area contributed by atoms with Crippen molar-refractivity contribution in [2.24, 2.45) is 0 Å². The second kappa shape index (κ2) is 13.5. The summed E-state index contributed by atoms with van der Waals surface area (Å²) in [6, 6.07) is 0. The highest BCUT2D eigenvalue weighted by molar-refractivity contribution is 9.09. The molecule has 0 radical (unpaired) electrons. The van der Waals surface area contributed by atoms with E-state index in [4.69, 9.17) is 11.6 Å². The Labute approximate surface area is 102 Å². The van der Waals surface area contributed by atoms with Crippen LogP contribution in [0.4, 0.5) is 0 Å². The summed E-state index contributed by atoms with van der Waals surface area (Å²) < 4.78 is 0. The summed E-state index contributed by atoms with van der Waals surface area (Å²) in [5, 5.41) is 1.16. The smallest absolute Gasteiger partial charge is 0.0404 e. The molecule has 0 saturated heterocycles. The topological polar surface area (TPSA) is 0 Å². The molecule has 0 aromatic rings. The molecular weight excluding hydrogens is 259 g/mol. The second-order valence-electron chi connectivity index (χ2n) is 3.58. The fourth-order valence-electron chi connectivity index (χ4n) is 1.42. The lowest BCUT2D eigenvalue weighted by atomic mass is 10.1. The molecule has 0 aromatic heterocycles. The largest absolute Gasteiger partial charge is 0.122 e. The third kappa shape index (κ3) is 12.5. The van der Waals surface area contributed by atoms with Crippen LogP contribution in [0.15, 0.2) is 12.2 Å². The fourth-order valence-corrected chi connectivity index (χ4v) is 1.94. The molecule has 0 unspecified atom stereocenters. The molecule has 14 heavy (non-hydrogen) atoms. The van der Waals surface area contributed by atoms with Gasteiger partial charge < -0.3 is 0 Å². The number of rotatable bonds is 10. The van der Waals surface area contributed by atoms with E-state index in [0.717, 1.165) is 5.33 Å². The van der Waals surface area contributed by atoms with Crippen LogP contribution in [0.5, 0.6) is 0 Å². The van der Waals surface area contributed by atoms with Gasteiger partial charge in [0.2, 0.25) is 0 Å². The molecule has 0 saturated carbocycles. The zero-order valence-corrected chi connectivity index (χ0v) is 11.3. The van der Waals surface area contributed by atoms with Crippen LogP contribution in [0.3, 0.4) is 0 Å². The van der Waals surface area contributed by atoms with Gasteiger partial charge in [0.15, 0.2) is 0 Å². The summed E-state index contributed by atoms with van der Waals surface area (Å²) in [6.07, 6.45) is 15.1. The molecule has 84 valence electrons. The van der Waals surface area contributed by atoms with Gasteiger partial charge >= 0.3 is 0 Å². The van der Waals surface area contributed by atoms with Crippen LogP contribution in [-0.4, -0.2) is 11.2 Å². The van der Waals surface area contributed by atoms with Crippen molar-refractivity contribution in [1.29, 1.82) is 0 Å². The van der Waals surface area contributed by atoms with E-state index in [2.05, 4.69) is 22.0 Å². The maximum Gasteiger partial charge on any atom is 0.0404 e. The fraction of sp³-hybridized carbons (Fsp3) is 0.833. The predicted molar refractivity (Wildman–Crippen MR) is 70.6 cm³/mol. The number of allylic oxidation sites excluding steroid dienone is 2. The molecule has 0 bridgehead atoms. The quantitative estimate of drug-likeness (QED) is 0.290. The Balaban J connectivity index is 2.88. The van der Waals surface area contributed by atoms with Crippen LogP contribution < -0.4 is 0 Å². The zero-order valence-electron chi connectivity index (χ0n) is 8.98. The Kier molecular flexibility index (Phi) is 14.0. The van der Waals surface area contributed by atoms with Gasteiger partial charge in [-0.15, -0.1) is 11.6 Å². The number of halogens is 2. The Morgan fingerprint density at radius 2 is 1.36 bits per heavy atom. The molecule has 0 heterocycles. The molecule has 0 aromatic carbocycles. The highest BCUT2D eigenvalue weighted by Crippen LogP contribution is 2.09. The first-order chi connectivity index (χ1) is 6.91. The van der Waals surface area contributed by atoms with E-state index in [1.165, 1.54) is 51.4 Å². The highest BCUT2D eigenvalue weighted by atomic mass is 79.9. The Morgan fingerprint density at radius 1 is 0.786 bits per heavy atom. The van der Waals surface area contributed by atoms with E-state index < -0.39 is 0 Å². The summed E-state index contributed by atoms with van der Waals surface area (Å²) in [4.78, 5) is 0. The van der Waals surface area contributed by atoms with Crippen molar-refractivity contribution >= 4 is 27.5 Å². The first-order valence-corrected chi connectivity index (χ1v) is 7.34. The van der Waals surface area contributed by atoms with E-state index in [0.29, 0.717) is 5.88 Å². The van der Waals surface area contributed by atoms with Gasteiger partial charge in [-0.2, -0.15) is 0 Å². The van der Waals surface area contributed by atoms with E-state index in [-0.39, 0.29) is 0 Å². The maximum absolute atomic E-state index is 5.52. The first-order valence-electron chi connectivity index (χ1n) is 5.68. The summed E-state index contributed by atoms with van der Waals surface area (Å²) in [6.45, 7) is 0. The number of hydrogen-bond donors (Lipinski definition) is 0. The van der Waals surface area contributed by atoms with Crippen LogP contribution in [0.2, 0.25) is 0 Å². The molecule has 2 heteroatoms. The van der Waals surface area contributed by atoms with E-state index in [1.807, 2.05) is 6.08 Å². The van der Waals surface area contributed by atoms with Gasteiger partial charge in [-0.05, 0) is 19.3 Å². The standard InChI is InChI=1S/C12H22BrCl/c13-11-9-7-5-3-1-2-4-6-8-10-12-14/h8,10H,1-7,9,11-12H2. The highest BCUT2D eigenvalue weighted by Gasteiger charge is 1.90. The molecule has 0 N–H and O–H groups in total. The van der Waals surface area contributed by atoms with Crippen molar-refractivity contribution in [3.05, 3.63) is 12.2 Å². The summed E-state index contributed by atoms with van der Waals surface area (Å²) in [5.41, 5.74) is 0. The van der Waals surface area contributed by atoms with Crippen LogP contribution in [-0.2, 0) is 0 Å². The van der Waals surface area contributed by atoms with Crippen LogP contribution in [0.1, 0.15) is 51.4 Å². The summed E-state index contributed by atoms with van der Waals surface area (Å²) in [7, 11) is 0. The van der Waals surface area contributed by atoms with Gasteiger partial charge in [0.1, 0.15) is 0 Å². The number of alkyl halides is 2.